The van der Waals surface area contributed by atoms with Gasteiger partial charge in [-0.2, -0.15) is 8.42 Å². The second kappa shape index (κ2) is 6.51. The highest BCUT2D eigenvalue weighted by atomic mass is 32.2. The van der Waals surface area contributed by atoms with Gasteiger partial charge in [-0.15, -0.1) is 0 Å². The number of aliphatic hydroxyl groups excluding tert-OH is 1. The monoisotopic (exact) mass is 252 g/mol. The van der Waals surface area contributed by atoms with E-state index in [4.69, 9.17) is 9.66 Å². The van der Waals surface area contributed by atoms with E-state index < -0.39 is 10.1 Å². The van der Waals surface area contributed by atoms with Gasteiger partial charge in [-0.3, -0.25) is 9.45 Å². The number of hydrogen-bond donors (Lipinski definition) is 3. The highest BCUT2D eigenvalue weighted by Gasteiger charge is 2.18. The SMILES string of the molecule is O=S(=O)(O)CCCC1CN(CCO)CCN1. The van der Waals surface area contributed by atoms with Crippen LogP contribution in [0.3, 0.4) is 0 Å². The van der Waals surface area contributed by atoms with Crippen LogP contribution in [0.4, 0.5) is 0 Å². The van der Waals surface area contributed by atoms with Crippen molar-refractivity contribution in [1.82, 2.24) is 10.2 Å². The van der Waals surface area contributed by atoms with Crippen LogP contribution in [0.2, 0.25) is 0 Å². The molecule has 0 radical (unpaired) electrons. The van der Waals surface area contributed by atoms with E-state index in [2.05, 4.69) is 10.2 Å². The Balaban J connectivity index is 2.21. The Morgan fingerprint density at radius 2 is 2.19 bits per heavy atom. The first-order valence-electron chi connectivity index (χ1n) is 5.53. The van der Waals surface area contributed by atoms with Crippen LogP contribution in [-0.4, -0.2) is 67.6 Å². The topological polar surface area (TPSA) is 89.9 Å². The predicted molar refractivity (Wildman–Crippen MR) is 61.0 cm³/mol. The van der Waals surface area contributed by atoms with Gasteiger partial charge in [0.2, 0.25) is 0 Å². The van der Waals surface area contributed by atoms with E-state index in [1.54, 1.807) is 0 Å². The van der Waals surface area contributed by atoms with Crippen LogP contribution in [0.5, 0.6) is 0 Å². The number of nitrogens with one attached hydrogen (secondary N) is 1. The molecule has 0 aromatic heterocycles. The maximum atomic E-state index is 10.5. The zero-order valence-corrected chi connectivity index (χ0v) is 10.1. The molecule has 0 aromatic carbocycles. The van der Waals surface area contributed by atoms with Crippen LogP contribution in [0, 0.1) is 0 Å². The van der Waals surface area contributed by atoms with Gasteiger partial charge in [-0.1, -0.05) is 0 Å². The second-order valence-electron chi connectivity index (χ2n) is 4.10. The van der Waals surface area contributed by atoms with Crippen molar-refractivity contribution < 1.29 is 18.1 Å². The molecule has 1 aliphatic rings. The highest BCUT2D eigenvalue weighted by Crippen LogP contribution is 2.05. The van der Waals surface area contributed by atoms with Crippen LogP contribution in [0.25, 0.3) is 0 Å². The van der Waals surface area contributed by atoms with Gasteiger partial charge in [0.15, 0.2) is 0 Å². The average molecular weight is 252 g/mol. The number of rotatable bonds is 6. The van der Waals surface area contributed by atoms with Gasteiger partial charge in [-0.05, 0) is 12.8 Å². The third-order valence-electron chi connectivity index (χ3n) is 2.71. The molecule has 0 saturated carbocycles. The molecule has 1 atom stereocenters. The fourth-order valence-electron chi connectivity index (χ4n) is 1.94. The van der Waals surface area contributed by atoms with Gasteiger partial charge in [0.05, 0.1) is 12.4 Å². The van der Waals surface area contributed by atoms with E-state index >= 15 is 0 Å². The zero-order valence-electron chi connectivity index (χ0n) is 9.30. The van der Waals surface area contributed by atoms with Crippen LogP contribution in [0.15, 0.2) is 0 Å². The van der Waals surface area contributed by atoms with Gasteiger partial charge >= 0.3 is 0 Å². The van der Waals surface area contributed by atoms with E-state index in [0.717, 1.165) is 26.1 Å². The van der Waals surface area contributed by atoms with Crippen molar-refractivity contribution in [2.75, 3.05) is 38.5 Å². The van der Waals surface area contributed by atoms with Crippen molar-refractivity contribution >= 4 is 10.1 Å². The molecule has 1 saturated heterocycles. The first-order chi connectivity index (χ1) is 7.51. The summed E-state index contributed by atoms with van der Waals surface area (Å²) in [5.41, 5.74) is 0. The maximum Gasteiger partial charge on any atom is 0.264 e. The lowest BCUT2D eigenvalue weighted by atomic mass is 10.1. The Bertz CT molecular complexity index is 292. The van der Waals surface area contributed by atoms with E-state index in [1.165, 1.54) is 0 Å². The molecule has 1 fully saturated rings. The fourth-order valence-corrected chi connectivity index (χ4v) is 2.48. The minimum atomic E-state index is -3.83. The Morgan fingerprint density at radius 1 is 1.44 bits per heavy atom. The highest BCUT2D eigenvalue weighted by molar-refractivity contribution is 7.85. The van der Waals surface area contributed by atoms with Crippen LogP contribution >= 0.6 is 0 Å². The minimum absolute atomic E-state index is 0.151. The number of hydrogen-bond acceptors (Lipinski definition) is 5. The lowest BCUT2D eigenvalue weighted by Gasteiger charge is -2.33. The van der Waals surface area contributed by atoms with Crippen molar-refractivity contribution in [3.63, 3.8) is 0 Å². The van der Waals surface area contributed by atoms with Crippen LogP contribution < -0.4 is 5.32 Å². The van der Waals surface area contributed by atoms with Gasteiger partial charge < -0.3 is 10.4 Å². The van der Waals surface area contributed by atoms with Gasteiger partial charge in [-0.25, -0.2) is 0 Å². The molecule has 1 aliphatic heterocycles. The quantitative estimate of drug-likeness (QED) is 0.521. The standard InChI is InChI=1S/C9H20N2O4S/c12-6-5-11-4-3-10-9(8-11)2-1-7-16(13,14)15/h9-10,12H,1-8H2,(H,13,14,15). The summed E-state index contributed by atoms with van der Waals surface area (Å²) in [5.74, 6) is -0.175. The lowest BCUT2D eigenvalue weighted by molar-refractivity contribution is 0.154. The lowest BCUT2D eigenvalue weighted by Crippen LogP contribution is -2.51. The van der Waals surface area contributed by atoms with E-state index in [9.17, 15) is 8.42 Å². The number of piperazine rings is 1. The molecule has 0 aromatic rings. The van der Waals surface area contributed by atoms with E-state index in [0.29, 0.717) is 13.0 Å². The Morgan fingerprint density at radius 3 is 2.81 bits per heavy atom. The molecule has 1 heterocycles. The maximum absolute atomic E-state index is 10.5. The molecule has 96 valence electrons. The molecular formula is C9H20N2O4S. The average Bonchev–Trinajstić information content (AvgIpc) is 2.17. The summed E-state index contributed by atoms with van der Waals surface area (Å²) >= 11 is 0. The summed E-state index contributed by atoms with van der Waals surface area (Å²) in [6.45, 7) is 3.41. The molecule has 6 nitrogen and oxygen atoms in total. The second-order valence-corrected chi connectivity index (χ2v) is 5.68. The normalized spacial score (nSPS) is 23.5. The summed E-state index contributed by atoms with van der Waals surface area (Å²) in [7, 11) is -3.83. The summed E-state index contributed by atoms with van der Waals surface area (Å²) in [4.78, 5) is 2.15. The Labute approximate surface area is 96.4 Å². The van der Waals surface area contributed by atoms with E-state index in [1.807, 2.05) is 0 Å². The molecule has 0 spiro atoms. The minimum Gasteiger partial charge on any atom is -0.395 e. The van der Waals surface area contributed by atoms with Crippen molar-refractivity contribution in [2.24, 2.45) is 0 Å². The molecule has 1 rings (SSSR count). The van der Waals surface area contributed by atoms with E-state index in [-0.39, 0.29) is 18.4 Å². The van der Waals surface area contributed by atoms with Gasteiger partial charge in [0.1, 0.15) is 0 Å². The summed E-state index contributed by atoms with van der Waals surface area (Å²) in [6, 6.07) is 0.252. The Hall–Kier alpha value is -0.210. The first-order valence-corrected chi connectivity index (χ1v) is 7.14. The zero-order chi connectivity index (χ0) is 12.0. The third-order valence-corrected chi connectivity index (χ3v) is 3.52. The predicted octanol–water partition coefficient (Wildman–Crippen LogP) is -1.08. The molecule has 0 bridgehead atoms. The van der Waals surface area contributed by atoms with Crippen LogP contribution in [-0.2, 0) is 10.1 Å². The molecule has 3 N–H and O–H groups in total. The molecule has 7 heteroatoms. The number of aliphatic hydroxyl groups is 1. The fraction of sp³-hybridized carbons (Fsp3) is 1.00. The van der Waals surface area contributed by atoms with Gasteiger partial charge in [0.25, 0.3) is 10.1 Å². The smallest absolute Gasteiger partial charge is 0.264 e. The number of β-amino-alcohol motifs (C(OH)–C–C–N with tert-alkyl or cyclic N) is 1. The molecule has 0 amide bonds. The first kappa shape index (κ1) is 13.9. The molecule has 1 unspecified atom stereocenters. The van der Waals surface area contributed by atoms with Crippen LogP contribution in [0.1, 0.15) is 12.8 Å². The van der Waals surface area contributed by atoms with Crippen molar-refractivity contribution in [1.29, 1.82) is 0 Å². The summed E-state index contributed by atoms with van der Waals surface area (Å²) in [5, 5.41) is 12.1. The molecular weight excluding hydrogens is 232 g/mol. The van der Waals surface area contributed by atoms with Crippen molar-refractivity contribution in [2.45, 2.75) is 18.9 Å². The summed E-state index contributed by atoms with van der Waals surface area (Å²) in [6.07, 6.45) is 1.19. The molecule has 16 heavy (non-hydrogen) atoms. The summed E-state index contributed by atoms with van der Waals surface area (Å²) < 4.78 is 29.7. The Kier molecular flexibility index (Phi) is 5.63. The van der Waals surface area contributed by atoms with Crippen molar-refractivity contribution in [3.8, 4) is 0 Å². The van der Waals surface area contributed by atoms with Crippen molar-refractivity contribution in [3.05, 3.63) is 0 Å². The van der Waals surface area contributed by atoms with Gasteiger partial charge in [0, 0.05) is 32.2 Å². The number of nitrogens with zero attached hydrogens (tertiary/aromatic N) is 1. The largest absolute Gasteiger partial charge is 0.395 e. The third kappa shape index (κ3) is 5.76. The molecule has 0 aliphatic carbocycles.